The van der Waals surface area contributed by atoms with Gasteiger partial charge in [0.2, 0.25) is 9.84 Å². The average molecular weight is 257 g/mol. The summed E-state index contributed by atoms with van der Waals surface area (Å²) in [4.78, 5) is 0.363. The van der Waals surface area contributed by atoms with Crippen molar-refractivity contribution < 1.29 is 8.42 Å². The summed E-state index contributed by atoms with van der Waals surface area (Å²) in [6.07, 6.45) is 1.57. The zero-order valence-corrected chi connectivity index (χ0v) is 10.6. The zero-order chi connectivity index (χ0) is 13.0. The van der Waals surface area contributed by atoms with E-state index in [1.54, 1.807) is 36.4 Å². The van der Waals surface area contributed by atoms with Gasteiger partial charge >= 0.3 is 0 Å². The van der Waals surface area contributed by atoms with E-state index in [9.17, 15) is 8.42 Å². The number of sulfone groups is 1. The lowest BCUT2D eigenvalue weighted by molar-refractivity contribution is 0.603. The molecule has 0 spiro atoms. The van der Waals surface area contributed by atoms with Gasteiger partial charge in [-0.05, 0) is 30.7 Å². The quantitative estimate of drug-likeness (QED) is 0.845. The number of allylic oxidation sites excluding steroid dienone is 1. The summed E-state index contributed by atoms with van der Waals surface area (Å²) >= 11 is 0. The van der Waals surface area contributed by atoms with Gasteiger partial charge in [-0.1, -0.05) is 48.5 Å². The molecule has 2 rings (SSSR count). The van der Waals surface area contributed by atoms with Gasteiger partial charge in [0.25, 0.3) is 0 Å². The maximum atomic E-state index is 12.2. The highest BCUT2D eigenvalue weighted by atomic mass is 32.2. The van der Waals surface area contributed by atoms with Crippen molar-refractivity contribution in [2.24, 2.45) is 0 Å². The Kier molecular flexibility index (Phi) is 3.63. The molecule has 0 N–H and O–H groups in total. The summed E-state index contributed by atoms with van der Waals surface area (Å²) in [6, 6.07) is 17.6. The monoisotopic (exact) mass is 257 g/mol. The minimum Gasteiger partial charge on any atom is -0.219 e. The Bertz CT molecular complexity index is 641. The first-order valence-electron chi connectivity index (χ1n) is 5.49. The van der Waals surface area contributed by atoms with Crippen LogP contribution in [0.4, 0.5) is 0 Å². The molecule has 0 fully saturated rings. The van der Waals surface area contributed by atoms with Crippen molar-refractivity contribution in [3.05, 3.63) is 78.1 Å². The van der Waals surface area contributed by atoms with Crippen molar-refractivity contribution in [3.63, 3.8) is 0 Å². The molecular weight excluding hydrogens is 244 g/mol. The third-order valence-electron chi connectivity index (χ3n) is 2.53. The third-order valence-corrected chi connectivity index (χ3v) is 4.23. The molecule has 2 aromatic carbocycles. The first kappa shape index (κ1) is 12.6. The first-order chi connectivity index (χ1) is 8.60. The van der Waals surface area contributed by atoms with Crippen LogP contribution in [0.2, 0.25) is 0 Å². The third kappa shape index (κ3) is 2.68. The number of hydrogen-bond acceptors (Lipinski definition) is 2. The predicted molar refractivity (Wildman–Crippen MR) is 73.4 cm³/mol. The number of rotatable bonds is 3. The van der Waals surface area contributed by atoms with Crippen LogP contribution < -0.4 is 0 Å². The first-order valence-corrected chi connectivity index (χ1v) is 6.98. The number of hydrogen-bond donors (Lipinski definition) is 0. The lowest BCUT2D eigenvalue weighted by atomic mass is 10.2. The van der Waals surface area contributed by atoms with Crippen LogP contribution in [0.5, 0.6) is 0 Å². The molecule has 2 nitrogen and oxygen atoms in total. The minimum absolute atomic E-state index is 0.0971. The van der Waals surface area contributed by atoms with Crippen LogP contribution in [0.15, 0.2) is 70.5 Å². The van der Waals surface area contributed by atoms with Crippen molar-refractivity contribution in [2.45, 2.75) is 4.90 Å². The molecule has 91 valence electrons. The van der Waals surface area contributed by atoms with E-state index in [0.717, 1.165) is 5.56 Å². The maximum Gasteiger partial charge on any atom is 0.202 e. The molecule has 0 heterocycles. The van der Waals surface area contributed by atoms with E-state index >= 15 is 0 Å². The van der Waals surface area contributed by atoms with Gasteiger partial charge in [-0.2, -0.15) is 0 Å². The second-order valence-electron chi connectivity index (χ2n) is 3.84. The second kappa shape index (κ2) is 5.19. The van der Waals surface area contributed by atoms with E-state index in [4.69, 9.17) is 0 Å². The summed E-state index contributed by atoms with van der Waals surface area (Å²) in [5.74, 6) is 0. The zero-order valence-electron chi connectivity index (χ0n) is 9.78. The smallest absolute Gasteiger partial charge is 0.202 e. The van der Waals surface area contributed by atoms with Gasteiger partial charge in [0.1, 0.15) is 0 Å². The van der Waals surface area contributed by atoms with Crippen LogP contribution >= 0.6 is 0 Å². The summed E-state index contributed by atoms with van der Waals surface area (Å²) < 4.78 is 24.4. The van der Waals surface area contributed by atoms with Gasteiger partial charge in [0, 0.05) is 0 Å². The van der Waals surface area contributed by atoms with Crippen LogP contribution in [0.3, 0.4) is 0 Å². The van der Waals surface area contributed by atoms with E-state index in [1.807, 2.05) is 30.3 Å². The van der Waals surface area contributed by atoms with E-state index in [1.165, 1.54) is 0 Å². The predicted octanol–water partition coefficient (Wildman–Crippen LogP) is 3.34. The molecule has 1 radical (unpaired) electrons. The largest absolute Gasteiger partial charge is 0.219 e. The Morgan fingerprint density at radius 2 is 1.39 bits per heavy atom. The van der Waals surface area contributed by atoms with E-state index in [2.05, 4.69) is 6.92 Å². The molecule has 0 amide bonds. The fraction of sp³-hybridized carbons (Fsp3) is 0. The van der Waals surface area contributed by atoms with E-state index < -0.39 is 9.84 Å². The van der Waals surface area contributed by atoms with Crippen LogP contribution in [0.1, 0.15) is 5.56 Å². The van der Waals surface area contributed by atoms with Gasteiger partial charge in [-0.25, -0.2) is 8.42 Å². The van der Waals surface area contributed by atoms with Crippen molar-refractivity contribution in [1.29, 1.82) is 0 Å². The van der Waals surface area contributed by atoms with Gasteiger partial charge in [0.15, 0.2) is 0 Å². The molecule has 0 saturated carbocycles. The van der Waals surface area contributed by atoms with Gasteiger partial charge in [-0.3, -0.25) is 0 Å². The molecule has 3 heteroatoms. The summed E-state index contributed by atoms with van der Waals surface area (Å²) in [7, 11) is -3.49. The molecule has 0 bridgehead atoms. The lowest BCUT2D eigenvalue weighted by Crippen LogP contribution is -2.02. The average Bonchev–Trinajstić information content (AvgIpc) is 2.41. The normalized spacial score (nSPS) is 12.4. The molecule has 18 heavy (non-hydrogen) atoms. The molecule has 0 unspecified atom stereocenters. The molecule has 0 atom stereocenters. The molecule has 0 aromatic heterocycles. The molecule has 0 aliphatic heterocycles. The summed E-state index contributed by atoms with van der Waals surface area (Å²) in [5, 5.41) is 0. The summed E-state index contributed by atoms with van der Waals surface area (Å²) in [5.41, 5.74) is 0.821. The highest BCUT2D eigenvalue weighted by Crippen LogP contribution is 2.20. The minimum atomic E-state index is -3.49. The molecular formula is C15H13O2S. The van der Waals surface area contributed by atoms with E-state index in [-0.39, 0.29) is 9.80 Å². The van der Waals surface area contributed by atoms with Gasteiger partial charge in [-0.15, -0.1) is 0 Å². The fourth-order valence-corrected chi connectivity index (χ4v) is 2.67. The van der Waals surface area contributed by atoms with Crippen LogP contribution in [-0.4, -0.2) is 8.42 Å². The van der Waals surface area contributed by atoms with Crippen LogP contribution in [0, 0.1) is 6.92 Å². The highest BCUT2D eigenvalue weighted by Gasteiger charge is 2.16. The maximum absolute atomic E-state index is 12.2. The van der Waals surface area contributed by atoms with Crippen LogP contribution in [-0.2, 0) is 9.84 Å². The highest BCUT2D eigenvalue weighted by molar-refractivity contribution is 7.95. The Morgan fingerprint density at radius 1 is 0.889 bits per heavy atom. The SMILES string of the molecule is [CH2]/C(=C/c1ccccc1)S(=O)(=O)c1ccccc1. The van der Waals surface area contributed by atoms with Gasteiger partial charge in [0.05, 0.1) is 9.80 Å². The number of benzene rings is 2. The van der Waals surface area contributed by atoms with Crippen LogP contribution in [0.25, 0.3) is 6.08 Å². The molecule has 0 aliphatic rings. The van der Waals surface area contributed by atoms with Crippen molar-refractivity contribution in [1.82, 2.24) is 0 Å². The Balaban J connectivity index is 2.40. The Hall–Kier alpha value is -1.87. The standard InChI is InChI=1S/C15H13O2S/c1-13(12-14-8-4-2-5-9-14)18(16,17)15-10-6-3-7-11-15/h2-12H,1H2/b13-12-. The van der Waals surface area contributed by atoms with E-state index in [0.29, 0.717) is 0 Å². The second-order valence-corrected chi connectivity index (χ2v) is 5.84. The van der Waals surface area contributed by atoms with Crippen molar-refractivity contribution in [3.8, 4) is 0 Å². The summed E-state index contributed by atoms with van der Waals surface area (Å²) in [6.45, 7) is 3.65. The topological polar surface area (TPSA) is 34.1 Å². The van der Waals surface area contributed by atoms with Gasteiger partial charge < -0.3 is 0 Å². The van der Waals surface area contributed by atoms with Crippen molar-refractivity contribution >= 4 is 15.9 Å². The fourth-order valence-electron chi connectivity index (χ4n) is 1.56. The lowest BCUT2D eigenvalue weighted by Gasteiger charge is -2.04. The Labute approximate surface area is 108 Å². The molecule has 0 saturated heterocycles. The van der Waals surface area contributed by atoms with Crippen molar-refractivity contribution in [2.75, 3.05) is 0 Å². The molecule has 0 aliphatic carbocycles. The Morgan fingerprint density at radius 3 is 1.94 bits per heavy atom. The molecule has 2 aromatic rings.